The van der Waals surface area contributed by atoms with Crippen LogP contribution in [-0.4, -0.2) is 11.9 Å². The van der Waals surface area contributed by atoms with Crippen molar-refractivity contribution < 1.29 is 4.79 Å². The minimum Gasteiger partial charge on any atom is -0.383 e. The van der Waals surface area contributed by atoms with Gasteiger partial charge in [-0.1, -0.05) is 42.5 Å². The van der Waals surface area contributed by atoms with Gasteiger partial charge in [0.25, 0.3) is 0 Å². The van der Waals surface area contributed by atoms with Gasteiger partial charge in [-0.15, -0.1) is 0 Å². The molecule has 0 heterocycles. The minimum atomic E-state index is -0.299. The molecule has 0 fully saturated rings. The summed E-state index contributed by atoms with van der Waals surface area (Å²) >= 11 is 0. The maximum Gasteiger partial charge on any atom is 0.221 e. The molecule has 21 heavy (non-hydrogen) atoms. The zero-order chi connectivity index (χ0) is 15.1. The largest absolute Gasteiger partial charge is 0.383 e. The number of carbonyl (C=O) groups is 1. The Balaban J connectivity index is 1.82. The van der Waals surface area contributed by atoms with Gasteiger partial charge in [0, 0.05) is 11.7 Å². The highest BCUT2D eigenvalue weighted by Crippen LogP contribution is 2.13. The lowest BCUT2D eigenvalue weighted by atomic mass is 10.1. The molecular formula is C18H22N2O. The van der Waals surface area contributed by atoms with Crippen LogP contribution in [0.1, 0.15) is 24.5 Å². The first-order valence-corrected chi connectivity index (χ1v) is 7.31. The van der Waals surface area contributed by atoms with Crippen LogP contribution in [0.3, 0.4) is 0 Å². The molecule has 3 nitrogen and oxygen atoms in total. The van der Waals surface area contributed by atoms with Crippen LogP contribution in [0.2, 0.25) is 0 Å². The van der Waals surface area contributed by atoms with Gasteiger partial charge in [-0.3, -0.25) is 4.79 Å². The molecule has 3 N–H and O–H groups in total. The summed E-state index contributed by atoms with van der Waals surface area (Å²) in [6, 6.07) is 18.8. The van der Waals surface area contributed by atoms with Crippen molar-refractivity contribution in [3.8, 4) is 0 Å². The lowest BCUT2D eigenvalue weighted by Crippen LogP contribution is -2.16. The average Bonchev–Trinajstić information content (AvgIpc) is 2.48. The molecule has 2 aromatic rings. The Labute approximate surface area is 126 Å². The molecule has 1 amide bonds. The second kappa shape index (κ2) is 7.48. The fourth-order valence-corrected chi connectivity index (χ4v) is 2.30. The molecule has 3 heteroatoms. The van der Waals surface area contributed by atoms with Crippen molar-refractivity contribution in [1.82, 2.24) is 0 Å². The number of amides is 1. The van der Waals surface area contributed by atoms with Crippen molar-refractivity contribution in [2.24, 2.45) is 5.73 Å². The topological polar surface area (TPSA) is 55.1 Å². The van der Waals surface area contributed by atoms with Gasteiger partial charge in [0.1, 0.15) is 0 Å². The zero-order valence-electron chi connectivity index (χ0n) is 12.4. The normalized spacial score (nSPS) is 11.9. The highest BCUT2D eigenvalue weighted by atomic mass is 16.1. The van der Waals surface area contributed by atoms with Gasteiger partial charge in [-0.05, 0) is 43.0 Å². The number of hydrogen-bond donors (Lipinski definition) is 2. The third-order valence-electron chi connectivity index (χ3n) is 3.45. The Bertz CT molecular complexity index is 564. The first-order valence-electron chi connectivity index (χ1n) is 7.31. The lowest BCUT2D eigenvalue weighted by molar-refractivity contribution is -0.117. The molecule has 0 aliphatic heterocycles. The summed E-state index contributed by atoms with van der Waals surface area (Å²) in [5, 5.41) is 3.48. The first kappa shape index (κ1) is 15.1. The van der Waals surface area contributed by atoms with E-state index >= 15 is 0 Å². The van der Waals surface area contributed by atoms with E-state index in [0.717, 1.165) is 24.1 Å². The summed E-state index contributed by atoms with van der Waals surface area (Å²) in [6.45, 7) is 2.18. The van der Waals surface area contributed by atoms with Crippen LogP contribution in [0.4, 0.5) is 5.69 Å². The van der Waals surface area contributed by atoms with E-state index < -0.39 is 0 Å². The third-order valence-corrected chi connectivity index (χ3v) is 3.45. The summed E-state index contributed by atoms with van der Waals surface area (Å²) in [7, 11) is 0. The predicted octanol–water partition coefficient (Wildman–Crippen LogP) is 3.15. The lowest BCUT2D eigenvalue weighted by Gasteiger charge is -2.15. The second-order valence-electron chi connectivity index (χ2n) is 5.41. The van der Waals surface area contributed by atoms with E-state index in [4.69, 9.17) is 5.73 Å². The van der Waals surface area contributed by atoms with E-state index in [2.05, 4.69) is 36.5 Å². The van der Waals surface area contributed by atoms with E-state index in [1.807, 2.05) is 30.3 Å². The number of nitrogens with one attached hydrogen (secondary N) is 1. The molecule has 1 unspecified atom stereocenters. The number of nitrogens with two attached hydrogens (primary N) is 1. The molecule has 0 saturated heterocycles. The zero-order valence-corrected chi connectivity index (χ0v) is 12.4. The van der Waals surface area contributed by atoms with E-state index in [1.165, 1.54) is 5.56 Å². The van der Waals surface area contributed by atoms with Gasteiger partial charge in [0.05, 0.1) is 6.42 Å². The van der Waals surface area contributed by atoms with Crippen LogP contribution in [0, 0.1) is 0 Å². The Morgan fingerprint density at radius 1 is 1.05 bits per heavy atom. The molecule has 110 valence electrons. The summed E-state index contributed by atoms with van der Waals surface area (Å²) in [4.78, 5) is 10.9. The van der Waals surface area contributed by atoms with Gasteiger partial charge in [-0.2, -0.15) is 0 Å². The SMILES string of the molecule is CC(CCc1ccccc1)Nc1ccc(CC(N)=O)cc1. The van der Waals surface area contributed by atoms with Crippen molar-refractivity contribution >= 4 is 11.6 Å². The number of rotatable bonds is 7. The van der Waals surface area contributed by atoms with E-state index in [1.54, 1.807) is 0 Å². The standard InChI is InChI=1S/C18H22N2O/c1-14(7-8-15-5-3-2-4-6-15)20-17-11-9-16(10-12-17)13-18(19)21/h2-6,9-12,14,20H,7-8,13H2,1H3,(H2,19,21). The molecule has 2 aromatic carbocycles. The van der Waals surface area contributed by atoms with Crippen LogP contribution < -0.4 is 11.1 Å². The molecule has 0 aliphatic rings. The summed E-state index contributed by atoms with van der Waals surface area (Å²) < 4.78 is 0. The van der Waals surface area contributed by atoms with Crippen molar-refractivity contribution in [2.45, 2.75) is 32.2 Å². The molecule has 0 aliphatic carbocycles. The van der Waals surface area contributed by atoms with E-state index in [-0.39, 0.29) is 5.91 Å². The Morgan fingerprint density at radius 2 is 1.71 bits per heavy atom. The maximum absolute atomic E-state index is 10.9. The smallest absolute Gasteiger partial charge is 0.221 e. The molecule has 0 bridgehead atoms. The molecular weight excluding hydrogens is 260 g/mol. The van der Waals surface area contributed by atoms with Crippen molar-refractivity contribution in [2.75, 3.05) is 5.32 Å². The molecule has 0 spiro atoms. The van der Waals surface area contributed by atoms with Crippen LogP contribution in [0.15, 0.2) is 54.6 Å². The number of benzene rings is 2. The van der Waals surface area contributed by atoms with Gasteiger partial charge in [-0.25, -0.2) is 0 Å². The van der Waals surface area contributed by atoms with Gasteiger partial charge in [0.15, 0.2) is 0 Å². The van der Waals surface area contributed by atoms with Crippen molar-refractivity contribution in [1.29, 1.82) is 0 Å². The maximum atomic E-state index is 10.9. The first-order chi connectivity index (χ1) is 10.1. The summed E-state index contributed by atoms with van der Waals surface area (Å²) in [6.07, 6.45) is 2.44. The number of anilines is 1. The highest BCUT2D eigenvalue weighted by Gasteiger charge is 2.04. The number of aryl methyl sites for hydroxylation is 1. The number of hydrogen-bond acceptors (Lipinski definition) is 2. The van der Waals surface area contributed by atoms with Crippen LogP contribution in [0.5, 0.6) is 0 Å². The Hall–Kier alpha value is -2.29. The van der Waals surface area contributed by atoms with Crippen molar-refractivity contribution in [3.05, 3.63) is 65.7 Å². The van der Waals surface area contributed by atoms with Crippen LogP contribution in [-0.2, 0) is 17.6 Å². The average molecular weight is 282 g/mol. The minimum absolute atomic E-state index is 0.295. The highest BCUT2D eigenvalue weighted by molar-refractivity contribution is 5.76. The quantitative estimate of drug-likeness (QED) is 0.819. The summed E-state index contributed by atoms with van der Waals surface area (Å²) in [5.41, 5.74) is 8.57. The molecule has 0 saturated carbocycles. The van der Waals surface area contributed by atoms with Gasteiger partial charge in [0.2, 0.25) is 5.91 Å². The number of carbonyl (C=O) groups excluding carboxylic acids is 1. The van der Waals surface area contributed by atoms with Crippen molar-refractivity contribution in [3.63, 3.8) is 0 Å². The Kier molecular flexibility index (Phi) is 5.38. The fourth-order valence-electron chi connectivity index (χ4n) is 2.30. The van der Waals surface area contributed by atoms with E-state index in [9.17, 15) is 4.79 Å². The van der Waals surface area contributed by atoms with Gasteiger partial charge >= 0.3 is 0 Å². The third kappa shape index (κ3) is 5.30. The molecule has 0 radical (unpaired) electrons. The van der Waals surface area contributed by atoms with Crippen LogP contribution >= 0.6 is 0 Å². The van der Waals surface area contributed by atoms with Crippen LogP contribution in [0.25, 0.3) is 0 Å². The molecule has 0 aromatic heterocycles. The van der Waals surface area contributed by atoms with Gasteiger partial charge < -0.3 is 11.1 Å². The number of primary amides is 1. The summed E-state index contributed by atoms with van der Waals surface area (Å²) in [5.74, 6) is -0.299. The monoisotopic (exact) mass is 282 g/mol. The predicted molar refractivity (Wildman–Crippen MR) is 87.2 cm³/mol. The Morgan fingerprint density at radius 3 is 2.33 bits per heavy atom. The molecule has 1 atom stereocenters. The second-order valence-corrected chi connectivity index (χ2v) is 5.41. The molecule has 2 rings (SSSR count). The fraction of sp³-hybridized carbons (Fsp3) is 0.278. The van der Waals surface area contributed by atoms with E-state index in [0.29, 0.717) is 12.5 Å².